The van der Waals surface area contributed by atoms with Gasteiger partial charge in [0.2, 0.25) is 0 Å². The Balaban J connectivity index is 2.98. The first-order valence-corrected chi connectivity index (χ1v) is 4.36. The average molecular weight is 184 g/mol. The number of hydrogen-bond donors (Lipinski definition) is 0. The predicted molar refractivity (Wildman–Crippen MR) is 50.5 cm³/mol. The summed E-state index contributed by atoms with van der Waals surface area (Å²) >= 11 is 0. The Morgan fingerprint density at radius 2 is 1.92 bits per heavy atom. The van der Waals surface area contributed by atoms with Gasteiger partial charge < -0.3 is 0 Å². The van der Waals surface area contributed by atoms with Crippen LogP contribution in [0.4, 0.5) is 8.78 Å². The van der Waals surface area contributed by atoms with E-state index in [-0.39, 0.29) is 5.41 Å². The smallest absolute Gasteiger partial charge is 0.129 e. The van der Waals surface area contributed by atoms with Crippen LogP contribution in [0.3, 0.4) is 0 Å². The molecule has 0 aliphatic heterocycles. The summed E-state index contributed by atoms with van der Waals surface area (Å²) in [5.74, 6) is -1.00. The van der Waals surface area contributed by atoms with Crippen molar-refractivity contribution >= 4 is 0 Å². The lowest BCUT2D eigenvalue weighted by atomic mass is 9.97. The van der Waals surface area contributed by atoms with E-state index in [0.29, 0.717) is 5.57 Å². The maximum atomic E-state index is 13.3. The summed E-state index contributed by atoms with van der Waals surface area (Å²) in [5.41, 5.74) is 0.433. The average Bonchev–Trinajstić information content (AvgIpc) is 2.68. The standard InChI is InChI=1S/C11H14F2/c1-4-9(11(3)5-6-11)10(13)7-8(2)12/h4,7H,1,5-6H2,2-3H3/b8-7+,10-9-. The van der Waals surface area contributed by atoms with E-state index in [1.165, 1.54) is 13.0 Å². The number of hydrogen-bond acceptors (Lipinski definition) is 0. The summed E-state index contributed by atoms with van der Waals surface area (Å²) < 4.78 is 25.8. The molecule has 0 bridgehead atoms. The van der Waals surface area contributed by atoms with Crippen LogP contribution < -0.4 is 0 Å². The molecular formula is C11H14F2. The van der Waals surface area contributed by atoms with Gasteiger partial charge in [0.05, 0.1) is 5.83 Å². The van der Waals surface area contributed by atoms with Crippen molar-refractivity contribution in [3.8, 4) is 0 Å². The lowest BCUT2D eigenvalue weighted by molar-refractivity contribution is 0.586. The van der Waals surface area contributed by atoms with Gasteiger partial charge in [-0.1, -0.05) is 19.6 Å². The van der Waals surface area contributed by atoms with E-state index in [1.807, 2.05) is 6.92 Å². The largest absolute Gasteiger partial charge is 0.212 e. The fourth-order valence-corrected chi connectivity index (χ4v) is 1.34. The molecule has 13 heavy (non-hydrogen) atoms. The second-order valence-electron chi connectivity index (χ2n) is 3.76. The monoisotopic (exact) mass is 184 g/mol. The Kier molecular flexibility index (Phi) is 2.69. The molecule has 0 aromatic carbocycles. The summed E-state index contributed by atoms with van der Waals surface area (Å²) in [7, 11) is 0. The third kappa shape index (κ3) is 2.27. The third-order valence-corrected chi connectivity index (χ3v) is 2.44. The van der Waals surface area contributed by atoms with Crippen LogP contribution in [0.5, 0.6) is 0 Å². The lowest BCUT2D eigenvalue weighted by Crippen LogP contribution is -1.97. The zero-order valence-electron chi connectivity index (χ0n) is 8.03. The van der Waals surface area contributed by atoms with E-state index in [2.05, 4.69) is 6.58 Å². The van der Waals surface area contributed by atoms with Crippen molar-refractivity contribution in [1.82, 2.24) is 0 Å². The van der Waals surface area contributed by atoms with Crippen molar-refractivity contribution < 1.29 is 8.78 Å². The van der Waals surface area contributed by atoms with Gasteiger partial charge in [0.1, 0.15) is 5.83 Å². The van der Waals surface area contributed by atoms with Gasteiger partial charge >= 0.3 is 0 Å². The fraction of sp³-hybridized carbons (Fsp3) is 0.455. The van der Waals surface area contributed by atoms with E-state index in [4.69, 9.17) is 0 Å². The molecule has 0 spiro atoms. The van der Waals surface area contributed by atoms with Gasteiger partial charge in [-0.15, -0.1) is 0 Å². The van der Waals surface area contributed by atoms with Crippen molar-refractivity contribution in [1.29, 1.82) is 0 Å². The molecule has 72 valence electrons. The van der Waals surface area contributed by atoms with Gasteiger partial charge in [-0.25, -0.2) is 8.78 Å². The van der Waals surface area contributed by atoms with Crippen LogP contribution in [0.25, 0.3) is 0 Å². The summed E-state index contributed by atoms with van der Waals surface area (Å²) in [6.07, 6.45) is 4.32. The zero-order chi connectivity index (χ0) is 10.1. The van der Waals surface area contributed by atoms with Crippen LogP contribution in [0.2, 0.25) is 0 Å². The lowest BCUT2D eigenvalue weighted by Gasteiger charge is -2.09. The van der Waals surface area contributed by atoms with Crippen molar-refractivity contribution in [2.75, 3.05) is 0 Å². The van der Waals surface area contributed by atoms with E-state index >= 15 is 0 Å². The summed E-state index contributed by atoms with van der Waals surface area (Å²) in [6.45, 7) is 6.74. The first-order valence-electron chi connectivity index (χ1n) is 4.36. The molecule has 0 atom stereocenters. The van der Waals surface area contributed by atoms with Gasteiger partial charge in [-0.2, -0.15) is 0 Å². The van der Waals surface area contributed by atoms with Crippen molar-refractivity contribution in [3.63, 3.8) is 0 Å². The molecule has 1 saturated carbocycles. The Bertz CT molecular complexity index is 276. The Morgan fingerprint density at radius 1 is 1.38 bits per heavy atom. The highest BCUT2D eigenvalue weighted by atomic mass is 19.1. The minimum absolute atomic E-state index is 0.0994. The molecule has 0 nitrogen and oxygen atoms in total. The molecule has 0 unspecified atom stereocenters. The van der Waals surface area contributed by atoms with Crippen molar-refractivity contribution in [3.05, 3.63) is 36.0 Å². The minimum atomic E-state index is -0.513. The van der Waals surface area contributed by atoms with Crippen molar-refractivity contribution in [2.45, 2.75) is 26.7 Å². The minimum Gasteiger partial charge on any atom is -0.212 e. The van der Waals surface area contributed by atoms with Crippen LogP contribution >= 0.6 is 0 Å². The maximum Gasteiger partial charge on any atom is 0.129 e. The van der Waals surface area contributed by atoms with Crippen LogP contribution in [-0.4, -0.2) is 0 Å². The van der Waals surface area contributed by atoms with Crippen LogP contribution in [-0.2, 0) is 0 Å². The molecule has 1 fully saturated rings. The van der Waals surface area contributed by atoms with Crippen LogP contribution in [0.15, 0.2) is 36.0 Å². The summed E-state index contributed by atoms with van der Waals surface area (Å²) in [5, 5.41) is 0. The van der Waals surface area contributed by atoms with Crippen LogP contribution in [0.1, 0.15) is 26.7 Å². The quantitative estimate of drug-likeness (QED) is 0.580. The number of halogens is 2. The number of rotatable bonds is 3. The molecule has 0 N–H and O–H groups in total. The van der Waals surface area contributed by atoms with Crippen LogP contribution in [0, 0.1) is 5.41 Å². The van der Waals surface area contributed by atoms with E-state index in [9.17, 15) is 8.78 Å². The molecular weight excluding hydrogens is 170 g/mol. The van der Waals surface area contributed by atoms with E-state index < -0.39 is 11.7 Å². The Morgan fingerprint density at radius 3 is 2.23 bits per heavy atom. The van der Waals surface area contributed by atoms with Gasteiger partial charge in [0, 0.05) is 6.08 Å². The highest BCUT2D eigenvalue weighted by Gasteiger charge is 2.41. The highest BCUT2D eigenvalue weighted by molar-refractivity contribution is 5.36. The molecule has 0 amide bonds. The molecule has 1 aliphatic carbocycles. The zero-order valence-corrected chi connectivity index (χ0v) is 8.03. The Labute approximate surface area is 77.6 Å². The summed E-state index contributed by atoms with van der Waals surface area (Å²) in [4.78, 5) is 0. The molecule has 0 radical (unpaired) electrons. The predicted octanol–water partition coefficient (Wildman–Crippen LogP) is 4.07. The van der Waals surface area contributed by atoms with Gasteiger partial charge in [-0.3, -0.25) is 0 Å². The highest BCUT2D eigenvalue weighted by Crippen LogP contribution is 2.53. The second kappa shape index (κ2) is 3.44. The van der Waals surface area contributed by atoms with E-state index in [0.717, 1.165) is 18.9 Å². The SMILES string of the molecule is C=C/C(=C(F)\C=C(/C)F)C1(C)CC1. The molecule has 1 rings (SSSR count). The normalized spacial score (nSPS) is 22.3. The number of allylic oxidation sites excluding steroid dienone is 5. The van der Waals surface area contributed by atoms with Gasteiger partial charge in [0.25, 0.3) is 0 Å². The van der Waals surface area contributed by atoms with Gasteiger partial charge in [0.15, 0.2) is 0 Å². The maximum absolute atomic E-state index is 13.3. The fourth-order valence-electron chi connectivity index (χ4n) is 1.34. The first kappa shape index (κ1) is 10.2. The second-order valence-corrected chi connectivity index (χ2v) is 3.76. The molecule has 0 aromatic heterocycles. The molecule has 0 aromatic rings. The van der Waals surface area contributed by atoms with Gasteiger partial charge in [-0.05, 0) is 30.8 Å². The first-order chi connectivity index (χ1) is 5.99. The summed E-state index contributed by atoms with van der Waals surface area (Å²) in [6, 6.07) is 0. The molecule has 0 saturated heterocycles. The molecule has 0 heterocycles. The Hall–Kier alpha value is -0.920. The topological polar surface area (TPSA) is 0 Å². The molecule has 2 heteroatoms. The van der Waals surface area contributed by atoms with E-state index in [1.54, 1.807) is 0 Å². The van der Waals surface area contributed by atoms with Crippen molar-refractivity contribution in [2.24, 2.45) is 5.41 Å². The molecule has 1 aliphatic rings. The third-order valence-electron chi connectivity index (χ3n) is 2.44.